The van der Waals surface area contributed by atoms with Crippen LogP contribution in [0.4, 0.5) is 5.69 Å². The summed E-state index contributed by atoms with van der Waals surface area (Å²) in [7, 11) is 0. The Bertz CT molecular complexity index is 470. The zero-order valence-electron chi connectivity index (χ0n) is 13.9. The number of anilines is 1. The molecule has 118 valence electrons. The van der Waals surface area contributed by atoms with Gasteiger partial charge in [-0.2, -0.15) is 0 Å². The fourth-order valence-corrected chi connectivity index (χ4v) is 3.04. The van der Waals surface area contributed by atoms with Crippen molar-refractivity contribution < 1.29 is 5.11 Å². The van der Waals surface area contributed by atoms with Crippen LogP contribution in [-0.4, -0.2) is 42.3 Å². The summed E-state index contributed by atoms with van der Waals surface area (Å²) in [4.78, 5) is 2.48. The molecule has 0 radical (unpaired) electrons. The summed E-state index contributed by atoms with van der Waals surface area (Å²) in [6, 6.07) is 7.12. The van der Waals surface area contributed by atoms with Gasteiger partial charge in [-0.25, -0.2) is 0 Å². The average molecular weight is 290 g/mol. The molecule has 1 unspecified atom stereocenters. The Morgan fingerprint density at radius 1 is 1.29 bits per heavy atom. The van der Waals surface area contributed by atoms with E-state index >= 15 is 0 Å². The van der Waals surface area contributed by atoms with Gasteiger partial charge in [0.1, 0.15) is 0 Å². The molecule has 1 aromatic rings. The Hall–Kier alpha value is -1.06. The van der Waals surface area contributed by atoms with Gasteiger partial charge in [-0.15, -0.1) is 0 Å². The van der Waals surface area contributed by atoms with E-state index in [1.54, 1.807) is 0 Å². The fourth-order valence-electron chi connectivity index (χ4n) is 3.04. The Morgan fingerprint density at radius 3 is 2.71 bits per heavy atom. The van der Waals surface area contributed by atoms with Gasteiger partial charge in [0, 0.05) is 36.8 Å². The maximum Gasteiger partial charge on any atom is 0.0494 e. The number of nitrogens with one attached hydrogen (secondary N) is 1. The van der Waals surface area contributed by atoms with Crippen LogP contribution >= 0.6 is 0 Å². The van der Waals surface area contributed by atoms with Crippen molar-refractivity contribution >= 4 is 5.69 Å². The summed E-state index contributed by atoms with van der Waals surface area (Å²) in [6.45, 7) is 12.0. The Morgan fingerprint density at radius 2 is 2.05 bits per heavy atom. The van der Waals surface area contributed by atoms with Gasteiger partial charge in [-0.05, 0) is 56.5 Å². The lowest BCUT2D eigenvalue weighted by Gasteiger charge is -2.38. The number of rotatable bonds is 5. The molecule has 2 rings (SSSR count). The smallest absolute Gasteiger partial charge is 0.0494 e. The van der Waals surface area contributed by atoms with Crippen molar-refractivity contribution in [2.75, 3.05) is 31.6 Å². The van der Waals surface area contributed by atoms with Crippen LogP contribution in [0.15, 0.2) is 18.2 Å². The third kappa shape index (κ3) is 4.72. The standard InChI is InChI=1S/C18H30N2O/c1-14-7-8-16(10-15(14)2)19-17-6-5-9-20(11-17)12-18(3,4)13-21/h7-8,10,17,19,21H,5-6,9,11-13H2,1-4H3. The van der Waals surface area contributed by atoms with Crippen LogP contribution in [-0.2, 0) is 0 Å². The van der Waals surface area contributed by atoms with Crippen LogP contribution < -0.4 is 5.32 Å². The predicted octanol–water partition coefficient (Wildman–Crippen LogP) is 3.20. The second-order valence-corrected chi connectivity index (χ2v) is 7.34. The Kier molecular flexibility index (Phi) is 5.28. The lowest BCUT2D eigenvalue weighted by molar-refractivity contribution is 0.0894. The first-order valence-corrected chi connectivity index (χ1v) is 8.07. The monoisotopic (exact) mass is 290 g/mol. The maximum atomic E-state index is 9.44. The summed E-state index contributed by atoms with van der Waals surface area (Å²) in [5.74, 6) is 0. The van der Waals surface area contributed by atoms with Gasteiger partial charge < -0.3 is 15.3 Å². The summed E-state index contributed by atoms with van der Waals surface area (Å²) in [5, 5.41) is 13.1. The molecule has 3 heteroatoms. The van der Waals surface area contributed by atoms with E-state index in [0.717, 1.165) is 19.6 Å². The topological polar surface area (TPSA) is 35.5 Å². The number of aryl methyl sites for hydroxylation is 2. The number of benzene rings is 1. The van der Waals surface area contributed by atoms with Crippen molar-refractivity contribution in [2.24, 2.45) is 5.41 Å². The van der Waals surface area contributed by atoms with E-state index in [1.165, 1.54) is 29.7 Å². The van der Waals surface area contributed by atoms with Crippen molar-refractivity contribution in [1.82, 2.24) is 4.90 Å². The number of aliphatic hydroxyl groups excluding tert-OH is 1. The van der Waals surface area contributed by atoms with Gasteiger partial charge in [0.25, 0.3) is 0 Å². The maximum absolute atomic E-state index is 9.44. The molecule has 0 saturated carbocycles. The van der Waals surface area contributed by atoms with Gasteiger partial charge in [-0.3, -0.25) is 0 Å². The molecule has 1 heterocycles. The molecule has 3 nitrogen and oxygen atoms in total. The Balaban J connectivity index is 1.93. The highest BCUT2D eigenvalue weighted by Crippen LogP contribution is 2.22. The van der Waals surface area contributed by atoms with E-state index < -0.39 is 0 Å². The molecule has 1 aliphatic rings. The number of nitrogens with zero attached hydrogens (tertiary/aromatic N) is 1. The predicted molar refractivity (Wildman–Crippen MR) is 89.9 cm³/mol. The van der Waals surface area contributed by atoms with Gasteiger partial charge in [0.15, 0.2) is 0 Å². The highest BCUT2D eigenvalue weighted by molar-refractivity contribution is 5.48. The summed E-state index contributed by atoms with van der Waals surface area (Å²) in [5.41, 5.74) is 3.90. The molecule has 0 amide bonds. The molecular weight excluding hydrogens is 260 g/mol. The number of hydrogen-bond acceptors (Lipinski definition) is 3. The number of aliphatic hydroxyl groups is 1. The van der Waals surface area contributed by atoms with Crippen LogP contribution in [0.2, 0.25) is 0 Å². The molecule has 0 bridgehead atoms. The van der Waals surface area contributed by atoms with E-state index in [-0.39, 0.29) is 12.0 Å². The van der Waals surface area contributed by atoms with Crippen molar-refractivity contribution in [3.63, 3.8) is 0 Å². The van der Waals surface area contributed by atoms with Crippen LogP contribution in [0.5, 0.6) is 0 Å². The molecule has 1 aromatic carbocycles. The summed E-state index contributed by atoms with van der Waals surface area (Å²) in [6.07, 6.45) is 2.45. The molecule has 1 aliphatic heterocycles. The Labute approximate surface area is 129 Å². The van der Waals surface area contributed by atoms with Crippen LogP contribution in [0, 0.1) is 19.3 Å². The number of hydrogen-bond donors (Lipinski definition) is 2. The zero-order valence-corrected chi connectivity index (χ0v) is 13.9. The number of piperidine rings is 1. The van der Waals surface area contributed by atoms with Crippen LogP contribution in [0.25, 0.3) is 0 Å². The second-order valence-electron chi connectivity index (χ2n) is 7.34. The highest BCUT2D eigenvalue weighted by Gasteiger charge is 2.25. The minimum absolute atomic E-state index is 0.0116. The number of likely N-dealkylation sites (tertiary alicyclic amines) is 1. The lowest BCUT2D eigenvalue weighted by Crippen LogP contribution is -2.46. The first kappa shape index (κ1) is 16.3. The van der Waals surface area contributed by atoms with E-state index in [9.17, 15) is 5.11 Å². The van der Waals surface area contributed by atoms with Gasteiger partial charge in [0.05, 0.1) is 0 Å². The normalized spacial score (nSPS) is 20.5. The zero-order chi connectivity index (χ0) is 15.5. The van der Waals surface area contributed by atoms with E-state index in [4.69, 9.17) is 0 Å². The largest absolute Gasteiger partial charge is 0.396 e. The van der Waals surface area contributed by atoms with Crippen molar-refractivity contribution in [2.45, 2.75) is 46.6 Å². The van der Waals surface area contributed by atoms with Crippen molar-refractivity contribution in [3.8, 4) is 0 Å². The highest BCUT2D eigenvalue weighted by atomic mass is 16.3. The SMILES string of the molecule is Cc1ccc(NC2CCCN(CC(C)(C)CO)C2)cc1C. The van der Waals surface area contributed by atoms with Crippen LogP contribution in [0.1, 0.15) is 37.8 Å². The van der Waals surface area contributed by atoms with Crippen molar-refractivity contribution in [1.29, 1.82) is 0 Å². The molecule has 21 heavy (non-hydrogen) atoms. The van der Waals surface area contributed by atoms with Gasteiger partial charge in [-0.1, -0.05) is 19.9 Å². The molecule has 1 saturated heterocycles. The molecule has 0 aliphatic carbocycles. The summed E-state index contributed by atoms with van der Waals surface area (Å²) < 4.78 is 0. The first-order chi connectivity index (χ1) is 9.89. The first-order valence-electron chi connectivity index (χ1n) is 8.07. The minimum atomic E-state index is -0.0116. The average Bonchev–Trinajstić information content (AvgIpc) is 2.43. The fraction of sp³-hybridized carbons (Fsp3) is 0.667. The third-order valence-corrected chi connectivity index (χ3v) is 4.46. The molecule has 0 aromatic heterocycles. The quantitative estimate of drug-likeness (QED) is 0.874. The second kappa shape index (κ2) is 6.80. The summed E-state index contributed by atoms with van der Waals surface area (Å²) >= 11 is 0. The molecular formula is C18H30N2O. The molecule has 0 spiro atoms. The van der Waals surface area contributed by atoms with Gasteiger partial charge >= 0.3 is 0 Å². The lowest BCUT2D eigenvalue weighted by atomic mass is 9.92. The van der Waals surface area contributed by atoms with Crippen LogP contribution in [0.3, 0.4) is 0 Å². The van der Waals surface area contributed by atoms with E-state index in [0.29, 0.717) is 6.04 Å². The van der Waals surface area contributed by atoms with Gasteiger partial charge in [0.2, 0.25) is 0 Å². The molecule has 1 atom stereocenters. The third-order valence-electron chi connectivity index (χ3n) is 4.46. The van der Waals surface area contributed by atoms with E-state index in [1.807, 2.05) is 0 Å². The molecule has 1 fully saturated rings. The van der Waals surface area contributed by atoms with Crippen molar-refractivity contribution in [3.05, 3.63) is 29.3 Å². The van der Waals surface area contributed by atoms with E-state index in [2.05, 4.69) is 56.1 Å². The molecule has 2 N–H and O–H groups in total. The minimum Gasteiger partial charge on any atom is -0.396 e.